The zero-order chi connectivity index (χ0) is 21.0. The maximum atomic E-state index is 11.6. The molecule has 5 rings (SSSR count). The van der Waals surface area contributed by atoms with Gasteiger partial charge in [-0.05, 0) is 49.6 Å². The number of ether oxygens (including phenoxy) is 1. The van der Waals surface area contributed by atoms with Crippen molar-refractivity contribution in [2.75, 3.05) is 49.5 Å². The summed E-state index contributed by atoms with van der Waals surface area (Å²) in [7, 11) is 0. The fraction of sp³-hybridized carbons (Fsp3) is 0.417. The maximum Gasteiger partial charge on any atom is 0.224 e. The van der Waals surface area contributed by atoms with Crippen LogP contribution in [0.4, 0.5) is 10.8 Å². The number of nitrogens with one attached hydrogen (secondary N) is 1. The number of rotatable bonds is 7. The van der Waals surface area contributed by atoms with E-state index in [0.717, 1.165) is 74.1 Å². The van der Waals surface area contributed by atoms with Crippen molar-refractivity contribution in [2.45, 2.75) is 25.7 Å². The lowest BCUT2D eigenvalue weighted by Gasteiger charge is -2.34. The number of aryl methyl sites for hydroxylation is 1. The molecule has 7 heteroatoms. The van der Waals surface area contributed by atoms with E-state index in [0.29, 0.717) is 13.0 Å². The second-order valence-corrected chi connectivity index (χ2v) is 9.22. The van der Waals surface area contributed by atoms with Crippen LogP contribution in [0.1, 0.15) is 24.8 Å². The lowest BCUT2D eigenvalue weighted by atomic mass is 10.0. The van der Waals surface area contributed by atoms with Crippen molar-refractivity contribution in [1.82, 2.24) is 9.88 Å². The number of aromatic nitrogens is 1. The fourth-order valence-corrected chi connectivity index (χ4v) is 5.24. The maximum absolute atomic E-state index is 11.6. The van der Waals surface area contributed by atoms with E-state index in [2.05, 4.69) is 45.4 Å². The standard InChI is InChI=1S/C24H28N4O2S/c29-23-10-8-18-7-9-19(17-21(18)25-23)30-16-4-3-11-27-12-14-28(15-13-27)24-26-20-5-1-2-6-22(20)31-24/h1-2,5-7,9,17H,3-4,8,10-16H2,(H,25,29). The van der Waals surface area contributed by atoms with Crippen LogP contribution in [0.5, 0.6) is 5.75 Å². The second kappa shape index (κ2) is 9.24. The minimum atomic E-state index is 0.0906. The number of unbranched alkanes of at least 4 members (excludes halogenated alkanes) is 1. The van der Waals surface area contributed by atoms with Crippen LogP contribution >= 0.6 is 11.3 Å². The van der Waals surface area contributed by atoms with E-state index in [1.165, 1.54) is 10.3 Å². The summed E-state index contributed by atoms with van der Waals surface area (Å²) >= 11 is 1.79. The number of carbonyl (C=O) groups is 1. The van der Waals surface area contributed by atoms with E-state index in [9.17, 15) is 4.79 Å². The van der Waals surface area contributed by atoms with Gasteiger partial charge in [-0.3, -0.25) is 9.69 Å². The van der Waals surface area contributed by atoms with Gasteiger partial charge in [0.25, 0.3) is 0 Å². The van der Waals surface area contributed by atoms with Crippen LogP contribution in [0, 0.1) is 0 Å². The largest absolute Gasteiger partial charge is 0.494 e. The van der Waals surface area contributed by atoms with E-state index < -0.39 is 0 Å². The van der Waals surface area contributed by atoms with E-state index >= 15 is 0 Å². The summed E-state index contributed by atoms with van der Waals surface area (Å²) in [6.45, 7) is 6.06. The van der Waals surface area contributed by atoms with Crippen LogP contribution in [-0.4, -0.2) is 55.1 Å². The van der Waals surface area contributed by atoms with Gasteiger partial charge in [0.2, 0.25) is 5.91 Å². The number of carbonyl (C=O) groups excluding carboxylic acids is 1. The number of fused-ring (bicyclic) bond motifs is 2. The Balaban J connectivity index is 1.02. The molecule has 1 amide bonds. The van der Waals surface area contributed by atoms with Crippen molar-refractivity contribution in [3.8, 4) is 5.75 Å². The molecule has 1 N–H and O–H groups in total. The molecule has 6 nitrogen and oxygen atoms in total. The minimum Gasteiger partial charge on any atom is -0.494 e. The van der Waals surface area contributed by atoms with Crippen LogP contribution in [0.3, 0.4) is 0 Å². The number of hydrogen-bond acceptors (Lipinski definition) is 6. The highest BCUT2D eigenvalue weighted by atomic mass is 32.1. The molecular formula is C24H28N4O2S. The van der Waals surface area contributed by atoms with Crippen molar-refractivity contribution in [3.05, 3.63) is 48.0 Å². The average molecular weight is 437 g/mol. The van der Waals surface area contributed by atoms with Crippen molar-refractivity contribution >= 4 is 38.3 Å². The molecule has 0 bridgehead atoms. The molecule has 2 aliphatic heterocycles. The number of piperazine rings is 1. The third-order valence-electron chi connectivity index (χ3n) is 6.04. The molecule has 3 aromatic rings. The number of anilines is 2. The summed E-state index contributed by atoms with van der Waals surface area (Å²) in [4.78, 5) is 21.3. The van der Waals surface area contributed by atoms with Gasteiger partial charge >= 0.3 is 0 Å². The van der Waals surface area contributed by atoms with Gasteiger partial charge in [-0.2, -0.15) is 0 Å². The lowest BCUT2D eigenvalue weighted by molar-refractivity contribution is -0.116. The van der Waals surface area contributed by atoms with Gasteiger partial charge in [0.1, 0.15) is 5.75 Å². The topological polar surface area (TPSA) is 57.7 Å². The third kappa shape index (κ3) is 4.83. The highest BCUT2D eigenvalue weighted by Crippen LogP contribution is 2.29. The average Bonchev–Trinajstić information content (AvgIpc) is 3.23. The molecule has 0 saturated carbocycles. The van der Waals surface area contributed by atoms with E-state index in [-0.39, 0.29) is 5.91 Å². The Morgan fingerprint density at radius 3 is 2.77 bits per heavy atom. The smallest absolute Gasteiger partial charge is 0.224 e. The summed E-state index contributed by atoms with van der Waals surface area (Å²) in [6, 6.07) is 14.4. The Hall–Kier alpha value is -2.64. The summed E-state index contributed by atoms with van der Waals surface area (Å²) in [5.74, 6) is 0.929. The first-order chi connectivity index (χ1) is 15.2. The van der Waals surface area contributed by atoms with Crippen molar-refractivity contribution in [3.63, 3.8) is 0 Å². The molecule has 0 atom stereocenters. The molecule has 1 saturated heterocycles. The van der Waals surface area contributed by atoms with E-state index in [1.807, 2.05) is 12.1 Å². The molecule has 0 spiro atoms. The fourth-order valence-electron chi connectivity index (χ4n) is 4.23. The quantitative estimate of drug-likeness (QED) is 0.564. The molecule has 0 unspecified atom stereocenters. The Labute approximate surface area is 186 Å². The van der Waals surface area contributed by atoms with Crippen molar-refractivity contribution in [2.24, 2.45) is 0 Å². The van der Waals surface area contributed by atoms with Crippen molar-refractivity contribution < 1.29 is 9.53 Å². The van der Waals surface area contributed by atoms with Gasteiger partial charge in [-0.1, -0.05) is 29.5 Å². The highest BCUT2D eigenvalue weighted by molar-refractivity contribution is 7.22. The van der Waals surface area contributed by atoms with Gasteiger partial charge < -0.3 is 15.0 Å². The monoisotopic (exact) mass is 436 g/mol. The molecule has 1 fully saturated rings. The third-order valence-corrected chi connectivity index (χ3v) is 7.14. The molecule has 162 valence electrons. The van der Waals surface area contributed by atoms with Gasteiger partial charge in [0.15, 0.2) is 5.13 Å². The van der Waals surface area contributed by atoms with Crippen LogP contribution in [-0.2, 0) is 11.2 Å². The van der Waals surface area contributed by atoms with Gasteiger partial charge in [0.05, 0.1) is 16.8 Å². The Kier molecular flexibility index (Phi) is 6.04. The van der Waals surface area contributed by atoms with Crippen LogP contribution in [0.2, 0.25) is 0 Å². The van der Waals surface area contributed by atoms with Crippen LogP contribution < -0.4 is 15.0 Å². The normalized spacial score (nSPS) is 16.9. The summed E-state index contributed by atoms with van der Waals surface area (Å²) in [6.07, 6.45) is 3.54. The number of hydrogen-bond donors (Lipinski definition) is 1. The zero-order valence-corrected chi connectivity index (χ0v) is 18.5. The number of amides is 1. The number of nitrogens with zero attached hydrogens (tertiary/aromatic N) is 3. The zero-order valence-electron chi connectivity index (χ0n) is 17.7. The summed E-state index contributed by atoms with van der Waals surface area (Å²) < 4.78 is 7.18. The molecule has 2 aromatic carbocycles. The van der Waals surface area contributed by atoms with Crippen LogP contribution in [0.15, 0.2) is 42.5 Å². The number of para-hydroxylation sites is 1. The van der Waals surface area contributed by atoms with Gasteiger partial charge in [-0.15, -0.1) is 0 Å². The van der Waals surface area contributed by atoms with Gasteiger partial charge in [0, 0.05) is 44.4 Å². The molecule has 2 aliphatic rings. The molecule has 0 aliphatic carbocycles. The van der Waals surface area contributed by atoms with Crippen molar-refractivity contribution in [1.29, 1.82) is 0 Å². The summed E-state index contributed by atoms with van der Waals surface area (Å²) in [5.41, 5.74) is 3.20. The molecule has 0 radical (unpaired) electrons. The number of benzene rings is 2. The summed E-state index contributed by atoms with van der Waals surface area (Å²) in [5, 5.41) is 4.08. The molecule has 3 heterocycles. The first-order valence-electron chi connectivity index (χ1n) is 11.1. The highest BCUT2D eigenvalue weighted by Gasteiger charge is 2.19. The first kappa shape index (κ1) is 20.3. The molecule has 31 heavy (non-hydrogen) atoms. The van der Waals surface area contributed by atoms with E-state index in [4.69, 9.17) is 9.72 Å². The SMILES string of the molecule is O=C1CCc2ccc(OCCCCN3CCN(c4nc5ccccc5s4)CC3)cc2N1. The van der Waals surface area contributed by atoms with E-state index in [1.54, 1.807) is 11.3 Å². The molecular weight excluding hydrogens is 408 g/mol. The van der Waals surface area contributed by atoms with Crippen LogP contribution in [0.25, 0.3) is 10.2 Å². The predicted molar refractivity (Wildman–Crippen MR) is 126 cm³/mol. The lowest BCUT2D eigenvalue weighted by Crippen LogP contribution is -2.46. The predicted octanol–water partition coefficient (Wildman–Crippen LogP) is 4.16. The Bertz CT molecular complexity index is 1030. The molecule has 1 aromatic heterocycles. The Morgan fingerprint density at radius 2 is 1.90 bits per heavy atom. The number of thiazole rings is 1. The minimum absolute atomic E-state index is 0.0906. The van der Waals surface area contributed by atoms with Gasteiger partial charge in [-0.25, -0.2) is 4.98 Å². The first-order valence-corrected chi connectivity index (χ1v) is 11.9. The Morgan fingerprint density at radius 1 is 1.03 bits per heavy atom. The second-order valence-electron chi connectivity index (χ2n) is 8.22.